The molecule has 156 valence electrons. The number of hydrogen-bond donors (Lipinski definition) is 1. The highest BCUT2D eigenvalue weighted by molar-refractivity contribution is 6.02. The van der Waals surface area contributed by atoms with Crippen molar-refractivity contribution in [2.75, 3.05) is 52.5 Å². The Bertz CT molecular complexity index is 874. The van der Waals surface area contributed by atoms with Crippen LogP contribution < -0.4 is 5.32 Å². The first kappa shape index (κ1) is 19.8. The summed E-state index contributed by atoms with van der Waals surface area (Å²) in [4.78, 5) is 34.5. The summed E-state index contributed by atoms with van der Waals surface area (Å²) in [6, 6.07) is 5.54. The maximum atomic E-state index is 13.1. The Labute approximate surface area is 170 Å². The van der Waals surface area contributed by atoms with Crippen LogP contribution in [0.3, 0.4) is 0 Å². The van der Waals surface area contributed by atoms with E-state index in [0.29, 0.717) is 29.5 Å². The smallest absolute Gasteiger partial charge is 0.290 e. The van der Waals surface area contributed by atoms with Gasteiger partial charge in [-0.2, -0.15) is 0 Å². The van der Waals surface area contributed by atoms with Crippen LogP contribution in [0, 0.1) is 5.92 Å². The van der Waals surface area contributed by atoms with Gasteiger partial charge in [0.05, 0.1) is 18.7 Å². The molecule has 0 aliphatic carbocycles. The molecule has 4 heterocycles. The topological polar surface area (TPSA) is 79.2 Å². The second-order valence-electron chi connectivity index (χ2n) is 7.95. The highest BCUT2D eigenvalue weighted by Gasteiger charge is 2.27. The minimum atomic E-state index is -0.243. The van der Waals surface area contributed by atoms with E-state index in [9.17, 15) is 9.59 Å². The summed E-state index contributed by atoms with van der Waals surface area (Å²) in [6.07, 6.45) is 3.95. The zero-order valence-electron chi connectivity index (χ0n) is 17.0. The number of carbonyl (C=O) groups is 2. The van der Waals surface area contributed by atoms with Crippen molar-refractivity contribution in [3.8, 4) is 0 Å². The van der Waals surface area contributed by atoms with Gasteiger partial charge < -0.3 is 15.0 Å². The average molecular weight is 399 g/mol. The Hall–Kier alpha value is -2.45. The Morgan fingerprint density at radius 3 is 2.86 bits per heavy atom. The summed E-state index contributed by atoms with van der Waals surface area (Å²) < 4.78 is 7.08. The summed E-state index contributed by atoms with van der Waals surface area (Å²) in [6.45, 7) is 8.20. The summed E-state index contributed by atoms with van der Waals surface area (Å²) in [5.41, 5.74) is 0.964. The molecule has 0 saturated carbocycles. The first-order valence-electron chi connectivity index (χ1n) is 10.5. The molecule has 2 saturated heterocycles. The molecule has 2 amide bonds. The maximum absolute atomic E-state index is 13.1. The van der Waals surface area contributed by atoms with Crippen LogP contribution in [0.15, 0.2) is 24.4 Å². The van der Waals surface area contributed by atoms with E-state index in [1.807, 2.05) is 23.1 Å². The van der Waals surface area contributed by atoms with Gasteiger partial charge in [0.1, 0.15) is 0 Å². The van der Waals surface area contributed by atoms with Gasteiger partial charge in [0.15, 0.2) is 5.69 Å². The van der Waals surface area contributed by atoms with E-state index in [1.54, 1.807) is 10.6 Å². The molecule has 8 heteroatoms. The minimum Gasteiger partial charge on any atom is -0.379 e. The normalized spacial score (nSPS) is 20.7. The number of morpholine rings is 1. The molecule has 2 aromatic rings. The number of piperidine rings is 1. The van der Waals surface area contributed by atoms with E-state index in [1.165, 1.54) is 0 Å². The molecule has 2 aliphatic rings. The number of likely N-dealkylation sites (tertiary alicyclic amines) is 1. The second kappa shape index (κ2) is 8.92. The standard InChI is InChI=1S/C21H29N5O3/c1-16-5-4-8-25(15-16)21(28)19-23-18(17-6-2-3-9-26(17)19)20(27)22-7-10-24-11-13-29-14-12-24/h2-3,6,9,16H,4-5,7-8,10-15H2,1H3,(H,22,27). The highest BCUT2D eigenvalue weighted by Crippen LogP contribution is 2.20. The van der Waals surface area contributed by atoms with Crippen LogP contribution in [0.25, 0.3) is 5.52 Å². The molecule has 0 bridgehead atoms. The van der Waals surface area contributed by atoms with Crippen LogP contribution in [0.1, 0.15) is 40.9 Å². The fraction of sp³-hybridized carbons (Fsp3) is 0.571. The predicted octanol–water partition coefficient (Wildman–Crippen LogP) is 1.27. The van der Waals surface area contributed by atoms with Crippen LogP contribution in [0.5, 0.6) is 0 Å². The lowest BCUT2D eigenvalue weighted by molar-refractivity contribution is 0.0383. The monoisotopic (exact) mass is 399 g/mol. The molecule has 0 aromatic carbocycles. The van der Waals surface area contributed by atoms with Crippen molar-refractivity contribution in [3.05, 3.63) is 35.9 Å². The molecule has 2 aliphatic heterocycles. The van der Waals surface area contributed by atoms with Crippen molar-refractivity contribution >= 4 is 17.3 Å². The maximum Gasteiger partial charge on any atom is 0.290 e. The Morgan fingerprint density at radius 1 is 1.24 bits per heavy atom. The molecular formula is C21H29N5O3. The largest absolute Gasteiger partial charge is 0.379 e. The zero-order chi connectivity index (χ0) is 20.2. The van der Waals surface area contributed by atoms with Gasteiger partial charge in [0.2, 0.25) is 5.82 Å². The van der Waals surface area contributed by atoms with E-state index in [4.69, 9.17) is 4.74 Å². The number of ether oxygens (including phenoxy) is 1. The summed E-state index contributed by atoms with van der Waals surface area (Å²) in [7, 11) is 0. The van der Waals surface area contributed by atoms with Crippen LogP contribution in [0.2, 0.25) is 0 Å². The fourth-order valence-corrected chi connectivity index (χ4v) is 4.11. The molecule has 4 rings (SSSR count). The number of nitrogens with zero attached hydrogens (tertiary/aromatic N) is 4. The first-order chi connectivity index (χ1) is 14.1. The molecule has 1 atom stereocenters. The molecule has 1 N–H and O–H groups in total. The SMILES string of the molecule is CC1CCCN(C(=O)c2nc(C(=O)NCCN3CCOCC3)c3ccccn23)C1. The highest BCUT2D eigenvalue weighted by atomic mass is 16.5. The zero-order valence-corrected chi connectivity index (χ0v) is 17.0. The average Bonchev–Trinajstić information content (AvgIpc) is 3.14. The van der Waals surface area contributed by atoms with Crippen LogP contribution >= 0.6 is 0 Å². The van der Waals surface area contributed by atoms with E-state index in [0.717, 1.165) is 58.8 Å². The third kappa shape index (κ3) is 4.43. The van der Waals surface area contributed by atoms with Crippen LogP contribution in [0.4, 0.5) is 0 Å². The Kier molecular flexibility index (Phi) is 6.10. The lowest BCUT2D eigenvalue weighted by atomic mass is 10.0. The van der Waals surface area contributed by atoms with E-state index in [2.05, 4.69) is 22.1 Å². The van der Waals surface area contributed by atoms with Crippen molar-refractivity contribution in [2.45, 2.75) is 19.8 Å². The second-order valence-corrected chi connectivity index (χ2v) is 7.95. The number of pyridine rings is 1. The lowest BCUT2D eigenvalue weighted by Gasteiger charge is -2.30. The number of hydrogen-bond acceptors (Lipinski definition) is 5. The van der Waals surface area contributed by atoms with Gasteiger partial charge in [0.25, 0.3) is 11.8 Å². The quantitative estimate of drug-likeness (QED) is 0.819. The summed E-state index contributed by atoms with van der Waals surface area (Å²) in [5.74, 6) is 0.452. The first-order valence-corrected chi connectivity index (χ1v) is 10.5. The minimum absolute atomic E-state index is 0.106. The van der Waals surface area contributed by atoms with Gasteiger partial charge in [-0.3, -0.25) is 18.9 Å². The number of carbonyl (C=O) groups excluding carboxylic acids is 2. The van der Waals surface area contributed by atoms with Crippen molar-refractivity contribution in [2.24, 2.45) is 5.92 Å². The lowest BCUT2D eigenvalue weighted by Crippen LogP contribution is -2.41. The fourth-order valence-electron chi connectivity index (χ4n) is 4.11. The van der Waals surface area contributed by atoms with Crippen molar-refractivity contribution in [1.82, 2.24) is 24.5 Å². The predicted molar refractivity (Wildman–Crippen MR) is 109 cm³/mol. The summed E-state index contributed by atoms with van der Waals surface area (Å²) >= 11 is 0. The van der Waals surface area contributed by atoms with Gasteiger partial charge in [-0.25, -0.2) is 4.98 Å². The Morgan fingerprint density at radius 2 is 2.07 bits per heavy atom. The molecule has 8 nitrogen and oxygen atoms in total. The van der Waals surface area contributed by atoms with Crippen LogP contribution in [-0.4, -0.2) is 83.5 Å². The molecule has 2 fully saturated rings. The molecule has 0 spiro atoms. The number of fused-ring (bicyclic) bond motifs is 1. The third-order valence-electron chi connectivity index (χ3n) is 5.72. The van der Waals surface area contributed by atoms with E-state index >= 15 is 0 Å². The van der Waals surface area contributed by atoms with Crippen molar-refractivity contribution in [1.29, 1.82) is 0 Å². The van der Waals surface area contributed by atoms with Gasteiger partial charge >= 0.3 is 0 Å². The number of nitrogens with one attached hydrogen (secondary N) is 1. The molecular weight excluding hydrogens is 370 g/mol. The molecule has 2 aromatic heterocycles. The number of imidazole rings is 1. The molecule has 1 unspecified atom stereocenters. The van der Waals surface area contributed by atoms with Crippen molar-refractivity contribution in [3.63, 3.8) is 0 Å². The number of amides is 2. The van der Waals surface area contributed by atoms with Gasteiger partial charge in [-0.05, 0) is 30.9 Å². The van der Waals surface area contributed by atoms with E-state index in [-0.39, 0.29) is 11.8 Å². The van der Waals surface area contributed by atoms with Gasteiger partial charge in [-0.1, -0.05) is 13.0 Å². The van der Waals surface area contributed by atoms with Crippen LogP contribution in [-0.2, 0) is 4.74 Å². The number of rotatable bonds is 5. The van der Waals surface area contributed by atoms with Gasteiger partial charge in [-0.15, -0.1) is 0 Å². The molecule has 0 radical (unpaired) electrons. The van der Waals surface area contributed by atoms with E-state index < -0.39 is 0 Å². The van der Waals surface area contributed by atoms with Gasteiger partial charge in [0, 0.05) is 45.5 Å². The molecule has 29 heavy (non-hydrogen) atoms. The van der Waals surface area contributed by atoms with Crippen molar-refractivity contribution < 1.29 is 14.3 Å². The third-order valence-corrected chi connectivity index (χ3v) is 5.72. The Balaban J connectivity index is 1.49. The summed E-state index contributed by atoms with van der Waals surface area (Å²) in [5, 5.41) is 2.96. The number of aromatic nitrogens is 2.